The Kier molecular flexibility index (Phi) is 6.56. The first-order valence-corrected chi connectivity index (χ1v) is 7.49. The van der Waals surface area contributed by atoms with Crippen molar-refractivity contribution in [1.82, 2.24) is 15.5 Å². The quantitative estimate of drug-likeness (QED) is 0.793. The Morgan fingerprint density at radius 1 is 1.30 bits per heavy atom. The number of hydrogen-bond acceptors (Lipinski definition) is 4. The van der Waals surface area contributed by atoms with E-state index in [9.17, 15) is 0 Å². The molecule has 0 fully saturated rings. The highest BCUT2D eigenvalue weighted by atomic mass is 16.5. The lowest BCUT2D eigenvalue weighted by Gasteiger charge is -2.27. The summed E-state index contributed by atoms with van der Waals surface area (Å²) in [7, 11) is 1.78. The van der Waals surface area contributed by atoms with Gasteiger partial charge in [0.25, 0.3) is 0 Å². The van der Waals surface area contributed by atoms with Gasteiger partial charge in [0.2, 0.25) is 0 Å². The number of nitrogens with one attached hydrogen (secondary N) is 1. The molecule has 1 aromatic rings. The van der Waals surface area contributed by atoms with Gasteiger partial charge < -0.3 is 10.1 Å². The van der Waals surface area contributed by atoms with Gasteiger partial charge in [-0.25, -0.2) is 0 Å². The van der Waals surface area contributed by atoms with Crippen LogP contribution >= 0.6 is 0 Å². The van der Waals surface area contributed by atoms with E-state index in [-0.39, 0.29) is 5.60 Å². The van der Waals surface area contributed by atoms with Gasteiger partial charge in [-0.15, -0.1) is 0 Å². The minimum atomic E-state index is -0.0877. The van der Waals surface area contributed by atoms with E-state index in [4.69, 9.17) is 4.74 Å². The molecule has 0 saturated carbocycles. The highest BCUT2D eigenvalue weighted by molar-refractivity contribution is 5.23. The van der Waals surface area contributed by atoms with Gasteiger partial charge in [0, 0.05) is 13.2 Å². The molecule has 1 aromatic heterocycles. The summed E-state index contributed by atoms with van der Waals surface area (Å²) >= 11 is 0. The smallest absolute Gasteiger partial charge is 0.0648 e. The molecule has 0 bridgehead atoms. The van der Waals surface area contributed by atoms with E-state index in [1.807, 2.05) is 13.8 Å². The maximum atomic E-state index is 5.53. The molecule has 1 rings (SSSR count). The predicted molar refractivity (Wildman–Crippen MR) is 82.9 cm³/mol. The molecule has 0 aliphatic heterocycles. The number of rotatable bonds is 8. The van der Waals surface area contributed by atoms with Crippen LogP contribution in [-0.4, -0.2) is 29.5 Å². The van der Waals surface area contributed by atoms with Crippen LogP contribution < -0.4 is 5.32 Å². The average molecular weight is 279 g/mol. The second kappa shape index (κ2) is 7.70. The molecular formula is C16H29N3O. The lowest BCUT2D eigenvalue weighted by Crippen LogP contribution is -2.28. The van der Waals surface area contributed by atoms with E-state index < -0.39 is 0 Å². The summed E-state index contributed by atoms with van der Waals surface area (Å²) in [5, 5.41) is 12.0. The van der Waals surface area contributed by atoms with Gasteiger partial charge in [-0.3, -0.25) is 0 Å². The van der Waals surface area contributed by atoms with Crippen LogP contribution in [0, 0.1) is 13.8 Å². The number of aryl methyl sites for hydroxylation is 2. The topological polar surface area (TPSA) is 47.0 Å². The average Bonchev–Trinajstić information content (AvgIpc) is 2.42. The maximum absolute atomic E-state index is 5.53. The van der Waals surface area contributed by atoms with Crippen molar-refractivity contribution < 1.29 is 4.74 Å². The van der Waals surface area contributed by atoms with E-state index in [1.54, 1.807) is 7.11 Å². The zero-order chi connectivity index (χ0) is 15.2. The summed E-state index contributed by atoms with van der Waals surface area (Å²) in [6.45, 7) is 11.5. The zero-order valence-corrected chi connectivity index (χ0v) is 13.8. The van der Waals surface area contributed by atoms with Crippen molar-refractivity contribution in [3.8, 4) is 0 Å². The van der Waals surface area contributed by atoms with Crippen LogP contribution in [0.2, 0.25) is 0 Å². The predicted octanol–water partition coefficient (Wildman–Crippen LogP) is 3.34. The van der Waals surface area contributed by atoms with Crippen molar-refractivity contribution in [3.63, 3.8) is 0 Å². The fourth-order valence-corrected chi connectivity index (χ4v) is 2.20. The van der Waals surface area contributed by atoms with Gasteiger partial charge >= 0.3 is 0 Å². The second-order valence-corrected chi connectivity index (χ2v) is 6.04. The molecule has 1 atom stereocenters. The molecule has 0 radical (unpaired) electrons. The summed E-state index contributed by atoms with van der Waals surface area (Å²) in [5.74, 6) is 0. The maximum Gasteiger partial charge on any atom is 0.0648 e. The van der Waals surface area contributed by atoms with Crippen LogP contribution in [0.3, 0.4) is 0 Å². The fraction of sp³-hybridized carbons (Fsp3) is 0.750. The van der Waals surface area contributed by atoms with Crippen LogP contribution in [0.5, 0.6) is 0 Å². The first-order valence-electron chi connectivity index (χ1n) is 7.49. The van der Waals surface area contributed by atoms with E-state index >= 15 is 0 Å². The summed E-state index contributed by atoms with van der Waals surface area (Å²) in [6.07, 6.45) is 3.17. The molecule has 0 amide bonds. The van der Waals surface area contributed by atoms with Gasteiger partial charge in [0.15, 0.2) is 0 Å². The summed E-state index contributed by atoms with van der Waals surface area (Å²) in [4.78, 5) is 0. The number of hydrogen-bond donors (Lipinski definition) is 1. The first-order chi connectivity index (χ1) is 9.39. The molecule has 0 aromatic carbocycles. The molecule has 0 aliphatic rings. The second-order valence-electron chi connectivity index (χ2n) is 6.04. The normalized spacial score (nSPS) is 13.5. The molecule has 4 heteroatoms. The minimum absolute atomic E-state index is 0.0877. The SMILES string of the molecule is CCCNC(CCC(C)(C)OC)c1cc(C)nnc1C. The highest BCUT2D eigenvalue weighted by Gasteiger charge is 2.21. The molecule has 114 valence electrons. The largest absolute Gasteiger partial charge is 0.379 e. The molecule has 4 nitrogen and oxygen atoms in total. The van der Waals surface area contributed by atoms with E-state index in [0.29, 0.717) is 6.04 Å². The van der Waals surface area contributed by atoms with Crippen molar-refractivity contribution >= 4 is 0 Å². The molecule has 0 aliphatic carbocycles. The Bertz CT molecular complexity index is 418. The number of nitrogens with zero attached hydrogens (tertiary/aromatic N) is 2. The third kappa shape index (κ3) is 5.17. The van der Waals surface area contributed by atoms with Crippen LogP contribution in [0.25, 0.3) is 0 Å². The Morgan fingerprint density at radius 2 is 2.00 bits per heavy atom. The number of methoxy groups -OCH3 is 1. The first kappa shape index (κ1) is 17.1. The van der Waals surface area contributed by atoms with E-state index in [0.717, 1.165) is 37.2 Å². The van der Waals surface area contributed by atoms with Crippen molar-refractivity contribution in [1.29, 1.82) is 0 Å². The zero-order valence-electron chi connectivity index (χ0n) is 13.8. The monoisotopic (exact) mass is 279 g/mol. The van der Waals surface area contributed by atoms with Crippen LogP contribution in [0.15, 0.2) is 6.07 Å². The Labute approximate surface area is 123 Å². The molecule has 1 N–H and O–H groups in total. The van der Waals surface area contributed by atoms with Crippen LogP contribution in [0.4, 0.5) is 0 Å². The van der Waals surface area contributed by atoms with Crippen LogP contribution in [0.1, 0.15) is 63.0 Å². The number of aromatic nitrogens is 2. The summed E-state index contributed by atoms with van der Waals surface area (Å²) in [5.41, 5.74) is 3.16. The van der Waals surface area contributed by atoms with Gasteiger partial charge in [-0.05, 0) is 65.1 Å². The highest BCUT2D eigenvalue weighted by Crippen LogP contribution is 2.26. The minimum Gasteiger partial charge on any atom is -0.379 e. The third-order valence-electron chi connectivity index (χ3n) is 3.74. The van der Waals surface area contributed by atoms with Crippen molar-refractivity contribution in [3.05, 3.63) is 23.0 Å². The molecule has 1 heterocycles. The van der Waals surface area contributed by atoms with Gasteiger partial charge in [0.1, 0.15) is 0 Å². The third-order valence-corrected chi connectivity index (χ3v) is 3.74. The fourth-order valence-electron chi connectivity index (χ4n) is 2.20. The summed E-state index contributed by atoms with van der Waals surface area (Å²) < 4.78 is 5.53. The van der Waals surface area contributed by atoms with E-state index in [2.05, 4.69) is 42.4 Å². The van der Waals surface area contributed by atoms with Crippen molar-refractivity contribution in [2.45, 2.75) is 65.5 Å². The van der Waals surface area contributed by atoms with Gasteiger partial charge in [-0.1, -0.05) is 6.92 Å². The molecule has 0 spiro atoms. The van der Waals surface area contributed by atoms with Crippen LogP contribution in [-0.2, 0) is 4.74 Å². The van der Waals surface area contributed by atoms with Gasteiger partial charge in [-0.2, -0.15) is 10.2 Å². The Hall–Kier alpha value is -1.00. The Balaban J connectivity index is 2.85. The van der Waals surface area contributed by atoms with Crippen molar-refractivity contribution in [2.75, 3.05) is 13.7 Å². The lowest BCUT2D eigenvalue weighted by atomic mass is 9.94. The molecule has 20 heavy (non-hydrogen) atoms. The molecular weight excluding hydrogens is 250 g/mol. The molecule has 1 unspecified atom stereocenters. The number of ether oxygens (including phenoxy) is 1. The van der Waals surface area contributed by atoms with Crippen molar-refractivity contribution in [2.24, 2.45) is 0 Å². The summed E-state index contributed by atoms with van der Waals surface area (Å²) in [6, 6.07) is 2.47. The van der Waals surface area contributed by atoms with Gasteiger partial charge in [0.05, 0.1) is 17.0 Å². The Morgan fingerprint density at radius 3 is 2.60 bits per heavy atom. The standard InChI is InChI=1S/C16H29N3O/c1-7-10-17-15(8-9-16(4,5)20-6)14-11-12(2)18-19-13(14)3/h11,15,17H,7-10H2,1-6H3. The van der Waals surface area contributed by atoms with E-state index in [1.165, 1.54) is 5.56 Å². The molecule has 0 saturated heterocycles. The lowest BCUT2D eigenvalue weighted by molar-refractivity contribution is 0.0116.